The van der Waals surface area contributed by atoms with E-state index in [4.69, 9.17) is 9.84 Å². The molecule has 3 N–H and O–H groups in total. The summed E-state index contributed by atoms with van der Waals surface area (Å²) in [6.07, 6.45) is 3.22. The maximum Gasteiger partial charge on any atom is 0.323 e. The number of aliphatic carboxylic acids is 1. The summed E-state index contributed by atoms with van der Waals surface area (Å²) in [4.78, 5) is 23.4. The van der Waals surface area contributed by atoms with Crippen molar-refractivity contribution < 1.29 is 19.4 Å². The molecule has 1 aliphatic rings. The van der Waals surface area contributed by atoms with Crippen LogP contribution in [0.15, 0.2) is 42.5 Å². The molecule has 0 spiro atoms. The molecule has 0 aliphatic heterocycles. The number of amides is 2. The molecule has 2 amide bonds. The number of carboxylic acids is 1. The number of nitrogens with one attached hydrogen (secondary N) is 2. The van der Waals surface area contributed by atoms with Gasteiger partial charge in [0.25, 0.3) is 0 Å². The molecule has 0 aromatic heterocycles. The van der Waals surface area contributed by atoms with Gasteiger partial charge in [0.15, 0.2) is 0 Å². The van der Waals surface area contributed by atoms with Gasteiger partial charge in [0.2, 0.25) is 0 Å². The van der Waals surface area contributed by atoms with Gasteiger partial charge in [-0.05, 0) is 73.9 Å². The molecule has 1 saturated carbocycles. The van der Waals surface area contributed by atoms with Crippen molar-refractivity contribution in [3.8, 4) is 5.75 Å². The number of hydrogen-bond donors (Lipinski definition) is 3. The number of carbonyl (C=O) groups is 2. The summed E-state index contributed by atoms with van der Waals surface area (Å²) in [7, 11) is 1.57. The average molecular weight is 382 g/mol. The molecule has 0 heterocycles. The van der Waals surface area contributed by atoms with Crippen LogP contribution < -0.4 is 15.4 Å². The predicted molar refractivity (Wildman–Crippen MR) is 109 cm³/mol. The topological polar surface area (TPSA) is 87.7 Å². The molecule has 2 aromatic rings. The van der Waals surface area contributed by atoms with Crippen molar-refractivity contribution in [3.05, 3.63) is 53.6 Å². The fourth-order valence-corrected chi connectivity index (χ4v) is 3.72. The van der Waals surface area contributed by atoms with Crippen LogP contribution in [-0.4, -0.2) is 24.2 Å². The largest absolute Gasteiger partial charge is 0.495 e. The van der Waals surface area contributed by atoms with Crippen molar-refractivity contribution in [1.82, 2.24) is 0 Å². The normalized spacial score (nSPS) is 18.9. The highest BCUT2D eigenvalue weighted by molar-refractivity contribution is 6.00. The van der Waals surface area contributed by atoms with Crippen LogP contribution in [0.4, 0.5) is 16.2 Å². The van der Waals surface area contributed by atoms with Crippen molar-refractivity contribution in [2.24, 2.45) is 5.92 Å². The Morgan fingerprint density at radius 3 is 2.29 bits per heavy atom. The van der Waals surface area contributed by atoms with Crippen LogP contribution >= 0.6 is 0 Å². The van der Waals surface area contributed by atoms with Crippen LogP contribution in [0.5, 0.6) is 5.75 Å². The first-order chi connectivity index (χ1) is 13.5. The molecule has 6 heteroatoms. The summed E-state index contributed by atoms with van der Waals surface area (Å²) in [6.45, 7) is 1.95. The minimum Gasteiger partial charge on any atom is -0.495 e. The number of rotatable bonds is 5. The molecule has 0 saturated heterocycles. The van der Waals surface area contributed by atoms with E-state index in [0.717, 1.165) is 31.2 Å². The Bertz CT molecular complexity index is 840. The Labute approximate surface area is 164 Å². The molecule has 0 bridgehead atoms. The Morgan fingerprint density at radius 1 is 1.00 bits per heavy atom. The first-order valence-corrected chi connectivity index (χ1v) is 9.51. The molecule has 0 radical (unpaired) electrons. The highest BCUT2D eigenvalue weighted by Gasteiger charge is 2.26. The number of ether oxygens (including phenoxy) is 1. The molecule has 1 fully saturated rings. The molecular formula is C22H26N2O4. The van der Waals surface area contributed by atoms with Gasteiger partial charge >= 0.3 is 12.0 Å². The Kier molecular flexibility index (Phi) is 6.19. The zero-order valence-corrected chi connectivity index (χ0v) is 16.2. The van der Waals surface area contributed by atoms with E-state index in [-0.39, 0.29) is 11.9 Å². The van der Waals surface area contributed by atoms with Crippen molar-refractivity contribution in [2.75, 3.05) is 17.7 Å². The van der Waals surface area contributed by atoms with Gasteiger partial charge in [-0.3, -0.25) is 4.79 Å². The minimum atomic E-state index is -0.686. The molecule has 6 nitrogen and oxygen atoms in total. The number of hydrogen-bond acceptors (Lipinski definition) is 3. The number of carbonyl (C=O) groups excluding carboxylic acids is 1. The fourth-order valence-electron chi connectivity index (χ4n) is 3.72. The lowest BCUT2D eigenvalue weighted by molar-refractivity contribution is -0.142. The van der Waals surface area contributed by atoms with Crippen molar-refractivity contribution in [3.63, 3.8) is 0 Å². The number of aryl methyl sites for hydroxylation is 1. The van der Waals surface area contributed by atoms with Crippen LogP contribution in [0.2, 0.25) is 0 Å². The Balaban J connectivity index is 1.58. The fraction of sp³-hybridized carbons (Fsp3) is 0.364. The third kappa shape index (κ3) is 4.82. The number of benzene rings is 2. The smallest absolute Gasteiger partial charge is 0.323 e. The van der Waals surface area contributed by atoms with Crippen LogP contribution in [0, 0.1) is 12.8 Å². The molecule has 148 valence electrons. The zero-order chi connectivity index (χ0) is 20.1. The van der Waals surface area contributed by atoms with E-state index in [1.165, 1.54) is 5.56 Å². The summed E-state index contributed by atoms with van der Waals surface area (Å²) >= 11 is 0. The molecule has 2 aromatic carbocycles. The first kappa shape index (κ1) is 19.7. The molecule has 0 atom stereocenters. The monoisotopic (exact) mass is 382 g/mol. The summed E-state index contributed by atoms with van der Waals surface area (Å²) < 4.78 is 5.28. The van der Waals surface area contributed by atoms with Gasteiger partial charge in [0, 0.05) is 5.69 Å². The number of urea groups is 1. The van der Waals surface area contributed by atoms with Gasteiger partial charge in [-0.15, -0.1) is 0 Å². The van der Waals surface area contributed by atoms with Crippen LogP contribution in [0.3, 0.4) is 0 Å². The van der Waals surface area contributed by atoms with Crippen LogP contribution in [0.25, 0.3) is 0 Å². The van der Waals surface area contributed by atoms with E-state index < -0.39 is 5.97 Å². The summed E-state index contributed by atoms with van der Waals surface area (Å²) in [5.41, 5.74) is 3.53. The number of methoxy groups -OCH3 is 1. The zero-order valence-electron chi connectivity index (χ0n) is 16.2. The minimum absolute atomic E-state index is 0.209. The van der Waals surface area contributed by atoms with Crippen LogP contribution in [-0.2, 0) is 4.79 Å². The third-order valence-electron chi connectivity index (χ3n) is 5.32. The number of carboxylic acid groups (broad SMARTS) is 1. The highest BCUT2D eigenvalue weighted by atomic mass is 16.5. The van der Waals surface area contributed by atoms with E-state index >= 15 is 0 Å². The van der Waals surface area contributed by atoms with Gasteiger partial charge in [-0.2, -0.15) is 0 Å². The molecule has 3 rings (SSSR count). The van der Waals surface area contributed by atoms with E-state index in [0.29, 0.717) is 23.0 Å². The second kappa shape index (κ2) is 8.78. The highest BCUT2D eigenvalue weighted by Crippen LogP contribution is 2.36. The Morgan fingerprint density at radius 2 is 1.68 bits per heavy atom. The average Bonchev–Trinajstić information content (AvgIpc) is 2.69. The summed E-state index contributed by atoms with van der Waals surface area (Å²) in [5.74, 6) is 0.0943. The van der Waals surface area contributed by atoms with Gasteiger partial charge < -0.3 is 20.5 Å². The summed E-state index contributed by atoms with van der Waals surface area (Å²) in [6, 6.07) is 13.0. The third-order valence-corrected chi connectivity index (χ3v) is 5.32. The molecule has 1 aliphatic carbocycles. The van der Waals surface area contributed by atoms with Crippen molar-refractivity contribution in [1.29, 1.82) is 0 Å². The second-order valence-electron chi connectivity index (χ2n) is 7.29. The van der Waals surface area contributed by atoms with Gasteiger partial charge in [0.05, 0.1) is 18.7 Å². The van der Waals surface area contributed by atoms with Gasteiger partial charge in [0.1, 0.15) is 5.75 Å². The van der Waals surface area contributed by atoms with Crippen LogP contribution in [0.1, 0.15) is 42.7 Å². The lowest BCUT2D eigenvalue weighted by Gasteiger charge is -2.26. The summed E-state index contributed by atoms with van der Waals surface area (Å²) in [5, 5.41) is 14.8. The van der Waals surface area contributed by atoms with Crippen molar-refractivity contribution in [2.45, 2.75) is 38.5 Å². The maximum absolute atomic E-state index is 12.3. The SMILES string of the molecule is COc1ccc(C)cc1NC(=O)Nc1ccc([C@H]2CC[C@H](C(=O)O)CC2)cc1. The van der Waals surface area contributed by atoms with Gasteiger partial charge in [-0.25, -0.2) is 4.79 Å². The molecular weight excluding hydrogens is 356 g/mol. The van der Waals surface area contributed by atoms with E-state index in [2.05, 4.69) is 10.6 Å². The van der Waals surface area contributed by atoms with E-state index in [1.807, 2.05) is 49.4 Å². The lowest BCUT2D eigenvalue weighted by atomic mass is 9.79. The van der Waals surface area contributed by atoms with E-state index in [9.17, 15) is 9.59 Å². The first-order valence-electron chi connectivity index (χ1n) is 9.51. The Hall–Kier alpha value is -3.02. The molecule has 28 heavy (non-hydrogen) atoms. The molecule has 0 unspecified atom stereocenters. The van der Waals surface area contributed by atoms with Crippen molar-refractivity contribution >= 4 is 23.4 Å². The number of anilines is 2. The quantitative estimate of drug-likeness (QED) is 0.678. The lowest BCUT2D eigenvalue weighted by Crippen LogP contribution is -2.21. The second-order valence-corrected chi connectivity index (χ2v) is 7.29. The van der Waals surface area contributed by atoms with E-state index in [1.54, 1.807) is 7.11 Å². The predicted octanol–water partition coefficient (Wildman–Crippen LogP) is 5.01. The standard InChI is InChI=1S/C22H26N2O4/c1-14-3-12-20(28-2)19(13-14)24-22(27)23-18-10-8-16(9-11-18)15-4-6-17(7-5-15)21(25)26/h3,8-13,15,17H,4-7H2,1-2H3,(H,25,26)(H2,23,24,27)/t15-,17-. The maximum atomic E-state index is 12.3. The van der Waals surface area contributed by atoms with Gasteiger partial charge in [-0.1, -0.05) is 18.2 Å².